The fourth-order valence-corrected chi connectivity index (χ4v) is 7.64. The first-order valence-corrected chi connectivity index (χ1v) is 23.6. The lowest BCUT2D eigenvalue weighted by atomic mass is 10.0. The molecule has 71 heavy (non-hydrogen) atoms. The number of nitrogens with one attached hydrogen (secondary N) is 4. The van der Waals surface area contributed by atoms with Gasteiger partial charge in [-0.05, 0) is 89.2 Å². The number of amides is 6. The Morgan fingerprint density at radius 3 is 2.08 bits per heavy atom. The zero-order valence-corrected chi connectivity index (χ0v) is 41.7. The lowest BCUT2D eigenvalue weighted by molar-refractivity contribution is -0.155. The van der Waals surface area contributed by atoms with Gasteiger partial charge in [-0.1, -0.05) is 26.0 Å². The van der Waals surface area contributed by atoms with E-state index in [0.29, 0.717) is 23.3 Å². The number of fused-ring (bicyclic) bond motifs is 1. The van der Waals surface area contributed by atoms with Gasteiger partial charge in [0.1, 0.15) is 41.7 Å². The fourth-order valence-electron chi connectivity index (χ4n) is 7.64. The van der Waals surface area contributed by atoms with Crippen LogP contribution in [0.1, 0.15) is 96.0 Å². The molecule has 21 nitrogen and oxygen atoms in total. The standard InChI is InChI=1S/C49H68FN9O12/c1-9-57-27-33(47(67)68)43(63)32-25-34(50)38(26-37(32)57)58-21-23-59(24-22-58)48(69)70-28-30-13-15-31(16-14-30)52-44(64)36(19-20-51)54-46(66)42(29(2)3)55-45(65)35(17-18-41(62)71-49(4,5)6)53-39(60)11-10-12-40(61)56(7)8/h13-16,25-27,29,35-36,42H,9-12,17-24,28,51H2,1-8H3,(H,52,64)(H,53,60)(H,54,66)(H,55,65)(H,67,68)/t35-,36-,42-/m0/s1. The number of carboxylic acid groups (broad SMARTS) is 1. The molecule has 3 atom stereocenters. The van der Waals surface area contributed by atoms with Crippen LogP contribution in [-0.2, 0) is 51.4 Å². The number of carboxylic acids is 1. The van der Waals surface area contributed by atoms with Gasteiger partial charge in [0.25, 0.3) is 0 Å². The van der Waals surface area contributed by atoms with E-state index in [0.717, 1.165) is 6.07 Å². The van der Waals surface area contributed by atoms with E-state index in [9.17, 15) is 48.3 Å². The first-order valence-electron chi connectivity index (χ1n) is 23.6. The number of piperazine rings is 1. The number of nitrogens with zero attached hydrogens (tertiary/aromatic N) is 4. The van der Waals surface area contributed by atoms with Gasteiger partial charge in [0.05, 0.1) is 11.2 Å². The number of anilines is 2. The van der Waals surface area contributed by atoms with E-state index in [1.165, 1.54) is 22.1 Å². The maximum atomic E-state index is 15.4. The molecule has 1 aromatic heterocycles. The van der Waals surface area contributed by atoms with Crippen LogP contribution < -0.4 is 37.3 Å². The fraction of sp³-hybridized carbons (Fsp3) is 0.531. The second kappa shape index (κ2) is 25.7. The molecule has 7 N–H and O–H groups in total. The summed E-state index contributed by atoms with van der Waals surface area (Å²) in [7, 11) is 3.20. The molecule has 388 valence electrons. The van der Waals surface area contributed by atoms with E-state index in [1.807, 2.05) is 0 Å². The van der Waals surface area contributed by atoms with Gasteiger partial charge in [-0.15, -0.1) is 0 Å². The van der Waals surface area contributed by atoms with Gasteiger partial charge in [-0.2, -0.15) is 0 Å². The van der Waals surface area contributed by atoms with Crippen molar-refractivity contribution < 1.29 is 57.3 Å². The molecule has 1 saturated heterocycles. The first kappa shape index (κ1) is 56.5. The smallest absolute Gasteiger partial charge is 0.410 e. The number of ether oxygens (including phenoxy) is 2. The molecule has 0 saturated carbocycles. The predicted molar refractivity (Wildman–Crippen MR) is 262 cm³/mol. The number of nitrogens with two attached hydrogens (primary N) is 1. The van der Waals surface area contributed by atoms with E-state index in [4.69, 9.17) is 15.2 Å². The van der Waals surface area contributed by atoms with Crippen molar-refractivity contribution in [3.63, 3.8) is 0 Å². The number of aromatic nitrogens is 1. The second-order valence-electron chi connectivity index (χ2n) is 18.8. The second-order valence-corrected chi connectivity index (χ2v) is 18.8. The minimum absolute atomic E-state index is 0.0226. The molecule has 1 aliphatic heterocycles. The number of benzene rings is 2. The van der Waals surface area contributed by atoms with Crippen LogP contribution in [0.25, 0.3) is 10.9 Å². The van der Waals surface area contributed by atoms with Crippen LogP contribution >= 0.6 is 0 Å². The minimum Gasteiger partial charge on any atom is -0.477 e. The lowest BCUT2D eigenvalue weighted by Crippen LogP contribution is -2.58. The van der Waals surface area contributed by atoms with E-state index in [-0.39, 0.29) is 94.8 Å². The Morgan fingerprint density at radius 2 is 1.51 bits per heavy atom. The van der Waals surface area contributed by atoms with Gasteiger partial charge in [0, 0.05) is 83.4 Å². The number of pyridine rings is 1. The summed E-state index contributed by atoms with van der Waals surface area (Å²) in [5.74, 6) is -5.90. The molecular weight excluding hydrogens is 926 g/mol. The third-order valence-electron chi connectivity index (χ3n) is 11.5. The number of aryl methyl sites for hydroxylation is 1. The Morgan fingerprint density at radius 1 is 0.859 bits per heavy atom. The molecule has 0 unspecified atom stereocenters. The average molecular weight is 994 g/mol. The number of carbonyl (C=O) groups is 8. The summed E-state index contributed by atoms with van der Waals surface area (Å²) in [6, 6.07) is 5.49. The van der Waals surface area contributed by atoms with Crippen LogP contribution in [0.4, 0.5) is 20.6 Å². The molecule has 0 aliphatic carbocycles. The summed E-state index contributed by atoms with van der Waals surface area (Å²) in [5.41, 5.74) is 5.39. The lowest BCUT2D eigenvalue weighted by Gasteiger charge is -2.35. The number of esters is 1. The van der Waals surface area contributed by atoms with Gasteiger partial charge in [0.2, 0.25) is 35.0 Å². The van der Waals surface area contributed by atoms with Crippen molar-refractivity contribution in [3.8, 4) is 0 Å². The Labute approximate surface area is 411 Å². The van der Waals surface area contributed by atoms with Gasteiger partial charge in [-0.25, -0.2) is 14.0 Å². The van der Waals surface area contributed by atoms with E-state index < -0.39 is 88.1 Å². The molecule has 2 aromatic carbocycles. The highest BCUT2D eigenvalue weighted by atomic mass is 19.1. The van der Waals surface area contributed by atoms with Gasteiger partial charge in [0.15, 0.2) is 0 Å². The molecule has 22 heteroatoms. The number of halogens is 1. The zero-order chi connectivity index (χ0) is 52.7. The van der Waals surface area contributed by atoms with Crippen LogP contribution in [0.5, 0.6) is 0 Å². The molecule has 1 aliphatic rings. The largest absolute Gasteiger partial charge is 0.477 e. The van der Waals surface area contributed by atoms with Crippen LogP contribution in [0.3, 0.4) is 0 Å². The number of carbonyl (C=O) groups excluding carboxylic acids is 7. The molecule has 6 amide bonds. The van der Waals surface area contributed by atoms with Crippen LogP contribution in [-0.4, -0.2) is 138 Å². The highest BCUT2D eigenvalue weighted by Gasteiger charge is 2.32. The van der Waals surface area contributed by atoms with E-state index in [2.05, 4.69) is 21.3 Å². The van der Waals surface area contributed by atoms with Gasteiger partial charge < -0.3 is 60.8 Å². The highest BCUT2D eigenvalue weighted by Crippen LogP contribution is 2.27. The zero-order valence-electron chi connectivity index (χ0n) is 41.7. The van der Waals surface area contributed by atoms with E-state index >= 15 is 4.39 Å². The Hall–Kier alpha value is -7.10. The van der Waals surface area contributed by atoms with Crippen molar-refractivity contribution >= 4 is 69.8 Å². The van der Waals surface area contributed by atoms with E-state index in [1.54, 1.807) is 89.4 Å². The summed E-state index contributed by atoms with van der Waals surface area (Å²) in [6.45, 7) is 11.4. The maximum Gasteiger partial charge on any atom is 0.410 e. The predicted octanol–water partition coefficient (Wildman–Crippen LogP) is 3.10. The monoisotopic (exact) mass is 993 g/mol. The SMILES string of the molecule is CCn1cc(C(=O)O)c(=O)c2cc(F)c(N3CCN(C(=O)OCc4ccc(NC(=O)[C@H](CCN)NC(=O)[C@@H](NC(=O)[C@H](CCC(=O)OC(C)(C)C)NC(=O)CCCC(=O)N(C)C)C(C)C)cc4)CC3)cc21. The van der Waals surface area contributed by atoms with Crippen LogP contribution in [0.2, 0.25) is 0 Å². The van der Waals surface area contributed by atoms with Crippen molar-refractivity contribution in [1.82, 2.24) is 30.3 Å². The number of rotatable bonds is 22. The van der Waals surface area contributed by atoms with Gasteiger partial charge >= 0.3 is 18.0 Å². The summed E-state index contributed by atoms with van der Waals surface area (Å²) in [6.07, 6.45) is 0.601. The summed E-state index contributed by atoms with van der Waals surface area (Å²) < 4.78 is 27.9. The van der Waals surface area contributed by atoms with Crippen molar-refractivity contribution in [1.29, 1.82) is 0 Å². The molecule has 0 bridgehead atoms. The Bertz CT molecular complexity index is 2480. The van der Waals surface area contributed by atoms with Crippen molar-refractivity contribution in [2.45, 2.75) is 117 Å². The number of hydrogen-bond acceptors (Lipinski definition) is 13. The topological polar surface area (TPSA) is 281 Å². The maximum absolute atomic E-state index is 15.4. The van der Waals surface area contributed by atoms with Crippen molar-refractivity contribution in [2.75, 3.05) is 57.0 Å². The first-order chi connectivity index (χ1) is 33.4. The molecule has 3 aromatic rings. The third-order valence-corrected chi connectivity index (χ3v) is 11.5. The Kier molecular flexibility index (Phi) is 20.4. The molecule has 0 spiro atoms. The average Bonchev–Trinajstić information content (AvgIpc) is 3.30. The quantitative estimate of drug-likeness (QED) is 0.0790. The number of hydrogen-bond donors (Lipinski definition) is 6. The van der Waals surface area contributed by atoms with Crippen LogP contribution in [0.15, 0.2) is 47.4 Å². The normalized spacial score (nSPS) is 14.0. The number of aromatic carboxylic acids is 1. The molecule has 2 heterocycles. The molecule has 0 radical (unpaired) electrons. The summed E-state index contributed by atoms with van der Waals surface area (Å²) in [5, 5.41) is 20.1. The van der Waals surface area contributed by atoms with Crippen LogP contribution in [0, 0.1) is 11.7 Å². The molecule has 4 rings (SSSR count). The van der Waals surface area contributed by atoms with Gasteiger partial charge in [-0.3, -0.25) is 33.6 Å². The van der Waals surface area contributed by atoms with Crippen molar-refractivity contribution in [2.24, 2.45) is 11.7 Å². The third kappa shape index (κ3) is 16.5. The molecule has 1 fully saturated rings. The molecular formula is C49H68FN9O12. The summed E-state index contributed by atoms with van der Waals surface area (Å²) >= 11 is 0. The highest BCUT2D eigenvalue weighted by molar-refractivity contribution is 5.99. The Balaban J connectivity index is 1.32. The van der Waals surface area contributed by atoms with Crippen molar-refractivity contribution in [3.05, 3.63) is 69.8 Å². The summed E-state index contributed by atoms with van der Waals surface area (Å²) in [4.78, 5) is 121. The minimum atomic E-state index is -1.40.